The van der Waals surface area contributed by atoms with Crippen LogP contribution >= 0.6 is 0 Å². The van der Waals surface area contributed by atoms with Gasteiger partial charge < -0.3 is 0 Å². The van der Waals surface area contributed by atoms with Gasteiger partial charge in [0, 0.05) is 10.8 Å². The first-order valence-corrected chi connectivity index (χ1v) is 15.2. The van der Waals surface area contributed by atoms with Gasteiger partial charge in [0.05, 0.1) is 0 Å². The monoisotopic (exact) mass is 442 g/mol. The largest absolute Gasteiger partial charge is 0.298 e. The first kappa shape index (κ1) is 24.8. The topological polar surface area (TPSA) is 17.1 Å². The smallest absolute Gasteiger partial charge is 0.145 e. The summed E-state index contributed by atoms with van der Waals surface area (Å²) in [4.78, 5) is 13.6. The minimum Gasteiger partial charge on any atom is -0.298 e. The fraction of sp³-hybridized carbons (Fsp3) is 0.968. The van der Waals surface area contributed by atoms with E-state index in [9.17, 15) is 4.79 Å². The average Bonchev–Trinajstić information content (AvgIpc) is 2.84. The summed E-state index contributed by atoms with van der Waals surface area (Å²) >= 11 is 0. The second-order valence-electron chi connectivity index (χ2n) is 13.0. The molecular weight excluding hydrogens is 388 g/mol. The van der Waals surface area contributed by atoms with Crippen LogP contribution in [0, 0.1) is 34.5 Å². The van der Waals surface area contributed by atoms with Crippen LogP contribution in [0.25, 0.3) is 0 Å². The van der Waals surface area contributed by atoms with Crippen molar-refractivity contribution >= 4 is 5.78 Å². The standard InChI is InChI=1S/C31H54O/c1-3-5-7-9-11-25-12-14-27(15-13-25)28-18-22-31(23-19-28)24-30(29(31)32)20-16-26(17-21-30)10-8-6-4-2/h25-28H,3-24H2,1-2H3. The van der Waals surface area contributed by atoms with Crippen molar-refractivity contribution in [1.29, 1.82) is 0 Å². The minimum absolute atomic E-state index is 0.141. The van der Waals surface area contributed by atoms with Gasteiger partial charge in [0.2, 0.25) is 0 Å². The second kappa shape index (κ2) is 11.4. The van der Waals surface area contributed by atoms with Crippen LogP contribution in [0.1, 0.15) is 155 Å². The molecule has 4 fully saturated rings. The lowest BCUT2D eigenvalue weighted by molar-refractivity contribution is -0.169. The molecular formula is C31H54O. The van der Waals surface area contributed by atoms with Gasteiger partial charge in [0.25, 0.3) is 0 Å². The lowest BCUT2D eigenvalue weighted by atomic mass is 9.42. The first-order valence-electron chi connectivity index (χ1n) is 15.2. The Kier molecular flexibility index (Phi) is 8.83. The Hall–Kier alpha value is -0.330. The van der Waals surface area contributed by atoms with Crippen molar-refractivity contribution in [2.75, 3.05) is 0 Å². The summed E-state index contributed by atoms with van der Waals surface area (Å²) in [7, 11) is 0. The summed E-state index contributed by atoms with van der Waals surface area (Å²) in [6.45, 7) is 4.62. The van der Waals surface area contributed by atoms with E-state index in [2.05, 4.69) is 13.8 Å². The van der Waals surface area contributed by atoms with Crippen LogP contribution < -0.4 is 0 Å². The summed E-state index contributed by atoms with van der Waals surface area (Å²) in [5.41, 5.74) is 0.284. The van der Waals surface area contributed by atoms with Crippen molar-refractivity contribution in [3.8, 4) is 0 Å². The Balaban J connectivity index is 1.16. The predicted octanol–water partition coefficient (Wildman–Crippen LogP) is 9.67. The molecule has 0 aromatic heterocycles. The highest BCUT2D eigenvalue weighted by Gasteiger charge is 2.63. The van der Waals surface area contributed by atoms with Gasteiger partial charge in [-0.3, -0.25) is 4.79 Å². The van der Waals surface area contributed by atoms with Gasteiger partial charge in [-0.1, -0.05) is 84.5 Å². The lowest BCUT2D eigenvalue weighted by Gasteiger charge is -2.59. The molecule has 1 heteroatoms. The molecule has 0 unspecified atom stereocenters. The highest BCUT2D eigenvalue weighted by Crippen LogP contribution is 2.64. The number of unbranched alkanes of at least 4 members (excludes halogenated alkanes) is 5. The van der Waals surface area contributed by atoms with Gasteiger partial charge in [-0.15, -0.1) is 0 Å². The fourth-order valence-electron chi connectivity index (χ4n) is 8.75. The fourth-order valence-corrected chi connectivity index (χ4v) is 8.75. The Morgan fingerprint density at radius 3 is 1.62 bits per heavy atom. The van der Waals surface area contributed by atoms with Crippen LogP contribution in [0.4, 0.5) is 0 Å². The van der Waals surface area contributed by atoms with E-state index in [0.717, 1.165) is 29.5 Å². The van der Waals surface area contributed by atoms with E-state index in [1.807, 2.05) is 0 Å². The molecule has 0 aromatic rings. The first-order chi connectivity index (χ1) is 15.6. The second-order valence-corrected chi connectivity index (χ2v) is 13.0. The zero-order valence-corrected chi connectivity index (χ0v) is 21.8. The van der Waals surface area contributed by atoms with Gasteiger partial charge in [0.1, 0.15) is 5.78 Å². The number of ketones is 1. The van der Waals surface area contributed by atoms with Crippen LogP contribution in [0.3, 0.4) is 0 Å². The van der Waals surface area contributed by atoms with Crippen molar-refractivity contribution < 1.29 is 4.79 Å². The number of Topliss-reactive ketones (excluding diaryl/α,β-unsaturated/α-hetero) is 1. The molecule has 4 aliphatic carbocycles. The Morgan fingerprint density at radius 2 is 1.06 bits per heavy atom. The molecule has 0 bridgehead atoms. The number of rotatable bonds is 10. The van der Waals surface area contributed by atoms with Gasteiger partial charge in [-0.2, -0.15) is 0 Å². The molecule has 0 atom stereocenters. The minimum atomic E-state index is 0.141. The summed E-state index contributed by atoms with van der Waals surface area (Å²) in [5.74, 6) is 4.63. The molecule has 0 saturated heterocycles. The molecule has 2 spiro atoms. The summed E-state index contributed by atoms with van der Waals surface area (Å²) < 4.78 is 0. The molecule has 0 aromatic carbocycles. The van der Waals surface area contributed by atoms with Gasteiger partial charge >= 0.3 is 0 Å². The molecule has 4 saturated carbocycles. The molecule has 0 aliphatic heterocycles. The molecule has 1 nitrogen and oxygen atoms in total. The van der Waals surface area contributed by atoms with Crippen LogP contribution in [0.2, 0.25) is 0 Å². The molecule has 32 heavy (non-hydrogen) atoms. The normalized spacial score (nSPS) is 40.0. The molecule has 184 valence electrons. The third-order valence-corrected chi connectivity index (χ3v) is 10.9. The van der Waals surface area contributed by atoms with E-state index in [0.29, 0.717) is 0 Å². The predicted molar refractivity (Wildman–Crippen MR) is 137 cm³/mol. The van der Waals surface area contributed by atoms with Crippen LogP contribution in [0.15, 0.2) is 0 Å². The average molecular weight is 443 g/mol. The Morgan fingerprint density at radius 1 is 0.594 bits per heavy atom. The SMILES string of the molecule is CCCCCCC1CCC(C2CCC3(CC2)CC2(CCC(CCCCC)CC2)C3=O)CC1. The third kappa shape index (κ3) is 5.49. The zero-order valence-electron chi connectivity index (χ0n) is 21.8. The van der Waals surface area contributed by atoms with E-state index < -0.39 is 0 Å². The Labute approximate surface area is 200 Å². The summed E-state index contributed by atoms with van der Waals surface area (Å²) in [5, 5.41) is 0. The maximum atomic E-state index is 13.6. The van der Waals surface area contributed by atoms with Crippen LogP contribution in [-0.4, -0.2) is 5.78 Å². The highest BCUT2D eigenvalue weighted by molar-refractivity contribution is 5.96. The van der Waals surface area contributed by atoms with E-state index in [4.69, 9.17) is 0 Å². The lowest BCUT2D eigenvalue weighted by Crippen LogP contribution is -2.59. The maximum Gasteiger partial charge on any atom is 0.145 e. The van der Waals surface area contributed by atoms with Gasteiger partial charge in [0.15, 0.2) is 0 Å². The molecule has 0 heterocycles. The van der Waals surface area contributed by atoms with E-state index >= 15 is 0 Å². The maximum absolute atomic E-state index is 13.6. The Bertz CT molecular complexity index is 567. The number of hydrogen-bond donors (Lipinski definition) is 0. The van der Waals surface area contributed by atoms with Crippen molar-refractivity contribution in [3.63, 3.8) is 0 Å². The van der Waals surface area contributed by atoms with E-state index in [-0.39, 0.29) is 10.8 Å². The van der Waals surface area contributed by atoms with Crippen LogP contribution in [-0.2, 0) is 4.79 Å². The highest BCUT2D eigenvalue weighted by atomic mass is 16.1. The summed E-state index contributed by atoms with van der Waals surface area (Å²) in [6.07, 6.45) is 30.4. The molecule has 4 rings (SSSR count). The van der Waals surface area contributed by atoms with E-state index in [1.54, 1.807) is 0 Å². The summed E-state index contributed by atoms with van der Waals surface area (Å²) in [6, 6.07) is 0. The third-order valence-electron chi connectivity index (χ3n) is 10.9. The van der Waals surface area contributed by atoms with Gasteiger partial charge in [-0.05, 0) is 94.3 Å². The number of carbonyl (C=O) groups is 1. The number of hydrogen-bond acceptors (Lipinski definition) is 1. The molecule has 0 amide bonds. The van der Waals surface area contributed by atoms with Crippen molar-refractivity contribution in [1.82, 2.24) is 0 Å². The molecule has 0 N–H and O–H groups in total. The van der Waals surface area contributed by atoms with Gasteiger partial charge in [-0.25, -0.2) is 0 Å². The molecule has 4 aliphatic rings. The molecule has 0 radical (unpaired) electrons. The van der Waals surface area contributed by atoms with Crippen molar-refractivity contribution in [3.05, 3.63) is 0 Å². The zero-order chi connectivity index (χ0) is 22.4. The van der Waals surface area contributed by atoms with Crippen molar-refractivity contribution in [2.24, 2.45) is 34.5 Å². The van der Waals surface area contributed by atoms with E-state index in [1.165, 1.54) is 141 Å². The quantitative estimate of drug-likeness (QED) is 0.308. The number of carbonyl (C=O) groups excluding carboxylic acids is 1. The van der Waals surface area contributed by atoms with Crippen LogP contribution in [0.5, 0.6) is 0 Å². The van der Waals surface area contributed by atoms with Crippen molar-refractivity contribution in [2.45, 2.75) is 155 Å².